The lowest BCUT2D eigenvalue weighted by Gasteiger charge is -2.04. The molecular formula is C10H14O6. The fraction of sp³-hybridized carbons (Fsp3) is 0.500. The van der Waals surface area contributed by atoms with Crippen molar-refractivity contribution >= 4 is 17.9 Å². The average molecular weight is 230 g/mol. The number of esters is 3. The lowest BCUT2D eigenvalue weighted by molar-refractivity contribution is -0.162. The van der Waals surface area contributed by atoms with E-state index in [1.54, 1.807) is 0 Å². The molecule has 0 aliphatic rings. The van der Waals surface area contributed by atoms with Gasteiger partial charge < -0.3 is 14.2 Å². The molecule has 6 nitrogen and oxygen atoms in total. The van der Waals surface area contributed by atoms with Crippen molar-refractivity contribution < 1.29 is 28.6 Å². The summed E-state index contributed by atoms with van der Waals surface area (Å²) in [5, 5.41) is 0. The summed E-state index contributed by atoms with van der Waals surface area (Å²) >= 11 is 0. The zero-order valence-corrected chi connectivity index (χ0v) is 9.28. The van der Waals surface area contributed by atoms with Crippen LogP contribution in [0.15, 0.2) is 12.2 Å². The second-order valence-electron chi connectivity index (χ2n) is 2.95. The van der Waals surface area contributed by atoms with Crippen LogP contribution in [0.2, 0.25) is 0 Å². The Morgan fingerprint density at radius 1 is 1.19 bits per heavy atom. The Kier molecular flexibility index (Phi) is 6.78. The monoisotopic (exact) mass is 230 g/mol. The highest BCUT2D eigenvalue weighted by Crippen LogP contribution is 1.95. The van der Waals surface area contributed by atoms with E-state index in [9.17, 15) is 14.4 Å². The Balaban J connectivity index is 3.70. The first-order chi connectivity index (χ1) is 7.47. The Morgan fingerprint density at radius 3 is 2.31 bits per heavy atom. The number of rotatable bonds is 6. The molecule has 0 amide bonds. The second kappa shape index (κ2) is 7.58. The third-order valence-corrected chi connectivity index (χ3v) is 1.38. The van der Waals surface area contributed by atoms with Gasteiger partial charge in [-0.05, 0) is 6.92 Å². The maximum absolute atomic E-state index is 11.0. The summed E-state index contributed by atoms with van der Waals surface area (Å²) in [4.78, 5) is 32.6. The molecule has 90 valence electrons. The summed E-state index contributed by atoms with van der Waals surface area (Å²) in [5.41, 5.74) is 0.240. The van der Waals surface area contributed by atoms with Gasteiger partial charge in [0, 0.05) is 12.7 Å². The predicted molar refractivity (Wildman–Crippen MR) is 53.4 cm³/mol. The molecule has 0 aliphatic heterocycles. The molecule has 0 radical (unpaired) electrons. The van der Waals surface area contributed by atoms with Gasteiger partial charge in [-0.3, -0.25) is 4.79 Å². The molecule has 0 heterocycles. The summed E-state index contributed by atoms with van der Waals surface area (Å²) in [6.45, 7) is 4.41. The largest absolute Gasteiger partial charge is 0.462 e. The van der Waals surface area contributed by atoms with E-state index in [2.05, 4.69) is 20.8 Å². The highest BCUT2D eigenvalue weighted by molar-refractivity contribution is 5.88. The molecule has 0 unspecified atom stereocenters. The van der Waals surface area contributed by atoms with Crippen LogP contribution in [0, 0.1) is 0 Å². The highest BCUT2D eigenvalue weighted by atomic mass is 16.6. The minimum absolute atomic E-state index is 0.148. The SMILES string of the molecule is C=C(C)C(=O)OCCC(=O)OC(=O)COC. The lowest BCUT2D eigenvalue weighted by Crippen LogP contribution is -2.18. The van der Waals surface area contributed by atoms with Crippen LogP contribution in [0.5, 0.6) is 0 Å². The molecule has 0 bridgehead atoms. The van der Waals surface area contributed by atoms with Crippen molar-refractivity contribution in [3.05, 3.63) is 12.2 Å². The van der Waals surface area contributed by atoms with Crippen molar-refractivity contribution in [3.63, 3.8) is 0 Å². The number of carbonyl (C=O) groups is 3. The van der Waals surface area contributed by atoms with Crippen molar-refractivity contribution in [1.29, 1.82) is 0 Å². The second-order valence-corrected chi connectivity index (χ2v) is 2.95. The topological polar surface area (TPSA) is 78.9 Å². The van der Waals surface area contributed by atoms with Gasteiger partial charge in [0.25, 0.3) is 0 Å². The van der Waals surface area contributed by atoms with Crippen LogP contribution in [0.25, 0.3) is 0 Å². The van der Waals surface area contributed by atoms with Gasteiger partial charge in [0.05, 0.1) is 6.42 Å². The highest BCUT2D eigenvalue weighted by Gasteiger charge is 2.11. The fourth-order valence-corrected chi connectivity index (χ4v) is 0.676. The molecule has 16 heavy (non-hydrogen) atoms. The van der Waals surface area contributed by atoms with Gasteiger partial charge in [-0.25, -0.2) is 9.59 Å². The number of hydrogen-bond donors (Lipinski definition) is 0. The van der Waals surface area contributed by atoms with Crippen molar-refractivity contribution in [2.75, 3.05) is 20.3 Å². The molecule has 0 saturated carbocycles. The quantitative estimate of drug-likeness (QED) is 0.369. The van der Waals surface area contributed by atoms with Crippen LogP contribution in [0.3, 0.4) is 0 Å². The van der Waals surface area contributed by atoms with Gasteiger partial charge in [-0.15, -0.1) is 0 Å². The van der Waals surface area contributed by atoms with Gasteiger partial charge in [0.1, 0.15) is 13.2 Å². The molecule has 0 atom stereocenters. The fourth-order valence-electron chi connectivity index (χ4n) is 0.676. The molecule has 0 spiro atoms. The standard InChI is InChI=1S/C10H14O6/c1-7(2)10(13)15-5-4-8(11)16-9(12)6-14-3/h1,4-6H2,2-3H3. The van der Waals surface area contributed by atoms with E-state index in [1.807, 2.05) is 0 Å². The van der Waals surface area contributed by atoms with E-state index in [0.717, 1.165) is 0 Å². The van der Waals surface area contributed by atoms with Gasteiger partial charge in [-0.2, -0.15) is 0 Å². The number of carbonyl (C=O) groups excluding carboxylic acids is 3. The minimum atomic E-state index is -0.779. The lowest BCUT2D eigenvalue weighted by atomic mass is 10.4. The zero-order chi connectivity index (χ0) is 12.6. The molecule has 0 aromatic rings. The number of hydrogen-bond acceptors (Lipinski definition) is 6. The molecule has 6 heteroatoms. The molecule has 0 rings (SSSR count). The summed E-state index contributed by atoms with van der Waals surface area (Å²) in [5.74, 6) is -2.13. The number of ether oxygens (including phenoxy) is 3. The molecular weight excluding hydrogens is 216 g/mol. The molecule has 0 fully saturated rings. The average Bonchev–Trinajstić information content (AvgIpc) is 2.17. The third-order valence-electron chi connectivity index (χ3n) is 1.38. The van der Waals surface area contributed by atoms with Gasteiger partial charge in [-0.1, -0.05) is 6.58 Å². The third kappa shape index (κ3) is 6.72. The van der Waals surface area contributed by atoms with Crippen molar-refractivity contribution in [1.82, 2.24) is 0 Å². The van der Waals surface area contributed by atoms with Crippen LogP contribution < -0.4 is 0 Å². The summed E-state index contributed by atoms with van der Waals surface area (Å²) in [7, 11) is 1.31. The van der Waals surface area contributed by atoms with Gasteiger partial charge in [0.15, 0.2) is 0 Å². The molecule has 0 aromatic carbocycles. The summed E-state index contributed by atoms with van der Waals surface area (Å²) in [6.07, 6.45) is -0.186. The Bertz CT molecular complexity index is 294. The van der Waals surface area contributed by atoms with E-state index >= 15 is 0 Å². The predicted octanol–water partition coefficient (Wildman–Crippen LogP) is 0.212. The summed E-state index contributed by atoms with van der Waals surface area (Å²) in [6, 6.07) is 0. The molecule has 0 aliphatic carbocycles. The van der Waals surface area contributed by atoms with Crippen LogP contribution in [0.1, 0.15) is 13.3 Å². The van der Waals surface area contributed by atoms with Crippen molar-refractivity contribution in [2.24, 2.45) is 0 Å². The first kappa shape index (κ1) is 14.3. The first-order valence-corrected chi connectivity index (χ1v) is 4.52. The van der Waals surface area contributed by atoms with Gasteiger partial charge >= 0.3 is 17.9 Å². The van der Waals surface area contributed by atoms with E-state index in [1.165, 1.54) is 14.0 Å². The summed E-state index contributed by atoms with van der Waals surface area (Å²) < 4.78 is 13.4. The van der Waals surface area contributed by atoms with E-state index in [4.69, 9.17) is 0 Å². The maximum Gasteiger partial charge on any atom is 0.339 e. The van der Waals surface area contributed by atoms with E-state index in [0.29, 0.717) is 0 Å². The van der Waals surface area contributed by atoms with Crippen molar-refractivity contribution in [3.8, 4) is 0 Å². The Labute approximate surface area is 93.2 Å². The van der Waals surface area contributed by atoms with Crippen molar-refractivity contribution in [2.45, 2.75) is 13.3 Å². The van der Waals surface area contributed by atoms with Crippen LogP contribution >= 0.6 is 0 Å². The first-order valence-electron chi connectivity index (χ1n) is 4.52. The van der Waals surface area contributed by atoms with E-state index in [-0.39, 0.29) is 25.2 Å². The zero-order valence-electron chi connectivity index (χ0n) is 9.28. The van der Waals surface area contributed by atoms with E-state index < -0.39 is 17.9 Å². The normalized spacial score (nSPS) is 9.38. The Hall–Kier alpha value is -1.69. The minimum Gasteiger partial charge on any atom is -0.462 e. The maximum atomic E-state index is 11.0. The smallest absolute Gasteiger partial charge is 0.339 e. The van der Waals surface area contributed by atoms with Crippen LogP contribution in [-0.4, -0.2) is 38.2 Å². The Morgan fingerprint density at radius 2 is 1.81 bits per heavy atom. The molecule has 0 N–H and O–H groups in total. The van der Waals surface area contributed by atoms with Gasteiger partial charge in [0.2, 0.25) is 0 Å². The number of methoxy groups -OCH3 is 1. The molecule has 0 aromatic heterocycles. The van der Waals surface area contributed by atoms with Crippen LogP contribution in [0.4, 0.5) is 0 Å². The molecule has 0 saturated heterocycles. The van der Waals surface area contributed by atoms with Crippen LogP contribution in [-0.2, 0) is 28.6 Å².